The van der Waals surface area contributed by atoms with E-state index in [1.54, 1.807) is 0 Å². The summed E-state index contributed by atoms with van der Waals surface area (Å²) in [5.41, 5.74) is -1.30. The van der Waals surface area contributed by atoms with E-state index in [0.29, 0.717) is 19.8 Å². The number of rotatable bonds is 7. The summed E-state index contributed by atoms with van der Waals surface area (Å²) in [6.07, 6.45) is 0.270. The molecule has 7 nitrogen and oxygen atoms in total. The zero-order valence-corrected chi connectivity index (χ0v) is 9.73. The van der Waals surface area contributed by atoms with Gasteiger partial charge in [0.05, 0.1) is 19.8 Å². The summed E-state index contributed by atoms with van der Waals surface area (Å²) in [5, 5.41) is 11.5. The number of nitrogens with one attached hydrogen (secondary N) is 1. The van der Waals surface area contributed by atoms with E-state index >= 15 is 0 Å². The summed E-state index contributed by atoms with van der Waals surface area (Å²) in [5.74, 6) is -1.55. The molecule has 0 aromatic heterocycles. The Bertz CT molecular complexity index is 274. The highest BCUT2D eigenvalue weighted by atomic mass is 16.5. The molecule has 0 bridgehead atoms. The van der Waals surface area contributed by atoms with E-state index in [0.717, 1.165) is 0 Å². The number of aliphatic carboxylic acids is 1. The number of ether oxygens (including phenoxy) is 3. The van der Waals surface area contributed by atoms with Crippen molar-refractivity contribution in [3.8, 4) is 0 Å². The lowest BCUT2D eigenvalue weighted by molar-refractivity contribution is -0.148. The van der Waals surface area contributed by atoms with Crippen molar-refractivity contribution in [3.63, 3.8) is 0 Å². The molecule has 1 aliphatic heterocycles. The zero-order chi connectivity index (χ0) is 12.7. The summed E-state index contributed by atoms with van der Waals surface area (Å²) in [6, 6.07) is 0. The lowest BCUT2D eigenvalue weighted by atomic mass is 9.99. The van der Waals surface area contributed by atoms with Crippen LogP contribution in [0.15, 0.2) is 0 Å². The van der Waals surface area contributed by atoms with Gasteiger partial charge in [-0.2, -0.15) is 0 Å². The molecule has 2 N–H and O–H groups in total. The number of carboxylic acids is 1. The molecule has 1 saturated heterocycles. The van der Waals surface area contributed by atoms with Crippen molar-refractivity contribution in [2.45, 2.75) is 12.0 Å². The Morgan fingerprint density at radius 1 is 1.47 bits per heavy atom. The lowest BCUT2D eigenvalue weighted by Gasteiger charge is -2.23. The number of hydrogen-bond donors (Lipinski definition) is 2. The van der Waals surface area contributed by atoms with Crippen molar-refractivity contribution in [3.05, 3.63) is 0 Å². The minimum atomic E-state index is -1.30. The molecule has 1 unspecified atom stereocenters. The first-order valence-corrected chi connectivity index (χ1v) is 5.29. The molecule has 1 amide bonds. The van der Waals surface area contributed by atoms with Gasteiger partial charge in [-0.05, 0) is 0 Å². The first kappa shape index (κ1) is 13.9. The smallest absolute Gasteiger partial charge is 0.331 e. The monoisotopic (exact) mass is 247 g/mol. The van der Waals surface area contributed by atoms with Crippen molar-refractivity contribution in [2.24, 2.45) is 0 Å². The molecular weight excluding hydrogens is 230 g/mol. The Hall–Kier alpha value is -1.18. The van der Waals surface area contributed by atoms with Crippen LogP contribution in [-0.4, -0.2) is 62.7 Å². The average Bonchev–Trinajstić information content (AvgIpc) is 2.74. The average molecular weight is 247 g/mol. The quantitative estimate of drug-likeness (QED) is 0.561. The normalized spacial score (nSPS) is 23.6. The fraction of sp³-hybridized carbons (Fsp3) is 0.800. The van der Waals surface area contributed by atoms with Crippen LogP contribution in [0.1, 0.15) is 6.42 Å². The molecule has 17 heavy (non-hydrogen) atoms. The third-order valence-corrected chi connectivity index (χ3v) is 2.47. The SMILES string of the molecule is COCCOCC(=O)NC1(C(=O)O)CCOC1. The molecule has 0 saturated carbocycles. The van der Waals surface area contributed by atoms with Crippen LogP contribution in [0.2, 0.25) is 0 Å². The molecule has 0 aliphatic carbocycles. The summed E-state index contributed by atoms with van der Waals surface area (Å²) in [7, 11) is 1.53. The van der Waals surface area contributed by atoms with E-state index in [-0.39, 0.29) is 19.6 Å². The Balaban J connectivity index is 2.35. The van der Waals surface area contributed by atoms with Crippen LogP contribution in [0.25, 0.3) is 0 Å². The predicted octanol–water partition coefficient (Wildman–Crippen LogP) is -0.991. The zero-order valence-electron chi connectivity index (χ0n) is 9.73. The number of amides is 1. The van der Waals surface area contributed by atoms with Crippen molar-refractivity contribution < 1.29 is 28.9 Å². The van der Waals surface area contributed by atoms with E-state index in [1.807, 2.05) is 0 Å². The van der Waals surface area contributed by atoms with Crippen molar-refractivity contribution in [1.29, 1.82) is 0 Å². The van der Waals surface area contributed by atoms with E-state index in [2.05, 4.69) is 5.32 Å². The summed E-state index contributed by atoms with van der Waals surface area (Å²) < 4.78 is 14.8. The molecule has 7 heteroatoms. The minimum absolute atomic E-state index is 0.00779. The first-order chi connectivity index (χ1) is 8.10. The second-order valence-electron chi connectivity index (χ2n) is 3.78. The third kappa shape index (κ3) is 3.95. The van der Waals surface area contributed by atoms with Gasteiger partial charge >= 0.3 is 5.97 Å². The van der Waals surface area contributed by atoms with Crippen LogP contribution in [0.4, 0.5) is 0 Å². The highest BCUT2D eigenvalue weighted by molar-refractivity contribution is 5.87. The van der Waals surface area contributed by atoms with Crippen LogP contribution in [0.3, 0.4) is 0 Å². The number of hydrogen-bond acceptors (Lipinski definition) is 5. The number of carboxylic acid groups (broad SMARTS) is 1. The minimum Gasteiger partial charge on any atom is -0.479 e. The second kappa shape index (κ2) is 6.53. The van der Waals surface area contributed by atoms with E-state index in [4.69, 9.17) is 19.3 Å². The Kier molecular flexibility index (Phi) is 5.33. The van der Waals surface area contributed by atoms with Crippen LogP contribution < -0.4 is 5.32 Å². The Morgan fingerprint density at radius 3 is 2.76 bits per heavy atom. The molecule has 1 rings (SSSR count). The van der Waals surface area contributed by atoms with Gasteiger partial charge < -0.3 is 24.6 Å². The fourth-order valence-corrected chi connectivity index (χ4v) is 1.50. The van der Waals surface area contributed by atoms with Gasteiger partial charge in [-0.3, -0.25) is 4.79 Å². The van der Waals surface area contributed by atoms with Gasteiger partial charge in [0.15, 0.2) is 5.54 Å². The Morgan fingerprint density at radius 2 is 2.24 bits per heavy atom. The third-order valence-electron chi connectivity index (χ3n) is 2.47. The number of carbonyl (C=O) groups excluding carboxylic acids is 1. The van der Waals surface area contributed by atoms with Crippen molar-refractivity contribution in [2.75, 3.05) is 40.1 Å². The van der Waals surface area contributed by atoms with E-state index in [9.17, 15) is 9.59 Å². The van der Waals surface area contributed by atoms with Gasteiger partial charge in [-0.1, -0.05) is 0 Å². The fourth-order valence-electron chi connectivity index (χ4n) is 1.50. The lowest BCUT2D eigenvalue weighted by Crippen LogP contribution is -2.56. The molecule has 1 aliphatic rings. The molecule has 98 valence electrons. The van der Waals surface area contributed by atoms with Gasteiger partial charge in [0.1, 0.15) is 6.61 Å². The summed E-state index contributed by atoms with van der Waals surface area (Å²) >= 11 is 0. The maximum atomic E-state index is 11.5. The largest absolute Gasteiger partial charge is 0.479 e. The summed E-state index contributed by atoms with van der Waals surface area (Å²) in [6.45, 7) is 0.822. The highest BCUT2D eigenvalue weighted by Crippen LogP contribution is 2.18. The first-order valence-electron chi connectivity index (χ1n) is 5.29. The Labute approximate surface area is 99.0 Å². The van der Waals surface area contributed by atoms with Crippen molar-refractivity contribution in [1.82, 2.24) is 5.32 Å². The molecule has 1 heterocycles. The van der Waals surface area contributed by atoms with Gasteiger partial charge in [-0.25, -0.2) is 4.79 Å². The maximum Gasteiger partial charge on any atom is 0.331 e. The summed E-state index contributed by atoms with van der Waals surface area (Å²) in [4.78, 5) is 22.6. The number of methoxy groups -OCH3 is 1. The van der Waals surface area contributed by atoms with Crippen LogP contribution in [0, 0.1) is 0 Å². The topological polar surface area (TPSA) is 94.1 Å². The predicted molar refractivity (Wildman–Crippen MR) is 56.6 cm³/mol. The standard InChI is InChI=1S/C10H17NO6/c1-15-4-5-16-6-8(12)11-10(9(13)14)2-3-17-7-10/h2-7H2,1H3,(H,11,12)(H,13,14). The van der Waals surface area contributed by atoms with Crippen LogP contribution in [-0.2, 0) is 23.8 Å². The van der Waals surface area contributed by atoms with Crippen molar-refractivity contribution >= 4 is 11.9 Å². The second-order valence-corrected chi connectivity index (χ2v) is 3.78. The van der Waals surface area contributed by atoms with Gasteiger partial charge in [-0.15, -0.1) is 0 Å². The maximum absolute atomic E-state index is 11.5. The van der Waals surface area contributed by atoms with E-state index < -0.39 is 17.4 Å². The van der Waals surface area contributed by atoms with E-state index in [1.165, 1.54) is 7.11 Å². The number of carbonyl (C=O) groups is 2. The van der Waals surface area contributed by atoms with Crippen LogP contribution in [0.5, 0.6) is 0 Å². The molecule has 0 radical (unpaired) electrons. The van der Waals surface area contributed by atoms with Gasteiger partial charge in [0, 0.05) is 20.1 Å². The molecule has 1 fully saturated rings. The molecular formula is C10H17NO6. The molecule has 0 aromatic carbocycles. The molecule has 1 atom stereocenters. The van der Waals surface area contributed by atoms with Gasteiger partial charge in [0.25, 0.3) is 0 Å². The van der Waals surface area contributed by atoms with Crippen LogP contribution >= 0.6 is 0 Å². The highest BCUT2D eigenvalue weighted by Gasteiger charge is 2.43. The van der Waals surface area contributed by atoms with Gasteiger partial charge in [0.2, 0.25) is 5.91 Å². The molecule has 0 spiro atoms. The molecule has 0 aromatic rings.